The van der Waals surface area contributed by atoms with Crippen LogP contribution in [0.5, 0.6) is 5.75 Å². The Morgan fingerprint density at radius 3 is 2.67 bits per heavy atom. The average Bonchev–Trinajstić information content (AvgIpc) is 2.46. The van der Waals surface area contributed by atoms with Crippen LogP contribution in [0.4, 0.5) is 0 Å². The molecule has 0 radical (unpaired) electrons. The first kappa shape index (κ1) is 18.1. The van der Waals surface area contributed by atoms with E-state index < -0.39 is 5.54 Å². The number of carbonyl (C=O) groups excluding carboxylic acids is 1. The van der Waals surface area contributed by atoms with Gasteiger partial charge in [0.25, 0.3) is 0 Å². The fraction of sp³-hybridized carbons (Fsp3) is 0.533. The average molecular weight is 333 g/mol. The molecule has 0 spiro atoms. The van der Waals surface area contributed by atoms with Gasteiger partial charge in [0.15, 0.2) is 0 Å². The van der Waals surface area contributed by atoms with Crippen molar-refractivity contribution in [2.45, 2.75) is 44.2 Å². The first-order valence-electron chi connectivity index (χ1n) is 6.95. The van der Waals surface area contributed by atoms with Crippen molar-refractivity contribution in [3.63, 3.8) is 0 Å². The second kappa shape index (κ2) is 7.87. The number of hydrogen-bond donors (Lipinski definition) is 2. The number of methoxy groups -OCH3 is 1. The van der Waals surface area contributed by atoms with Gasteiger partial charge in [-0.2, -0.15) is 0 Å². The largest absolute Gasteiger partial charge is 0.496 e. The van der Waals surface area contributed by atoms with Crippen molar-refractivity contribution >= 4 is 29.9 Å². The second-order valence-corrected chi connectivity index (χ2v) is 5.79. The molecule has 1 aliphatic rings. The summed E-state index contributed by atoms with van der Waals surface area (Å²) < 4.78 is 5.26. The molecule has 0 bridgehead atoms. The van der Waals surface area contributed by atoms with E-state index in [1.807, 2.05) is 6.07 Å². The zero-order chi connectivity index (χ0) is 14.6. The van der Waals surface area contributed by atoms with Crippen LogP contribution in [0.3, 0.4) is 0 Å². The number of nitrogens with one attached hydrogen (secondary N) is 1. The number of carbonyl (C=O) groups is 1. The van der Waals surface area contributed by atoms with Crippen LogP contribution in [0.2, 0.25) is 5.02 Å². The number of halogens is 2. The van der Waals surface area contributed by atoms with Gasteiger partial charge in [-0.05, 0) is 25.0 Å². The summed E-state index contributed by atoms with van der Waals surface area (Å²) in [7, 11) is 1.59. The third kappa shape index (κ3) is 4.50. The van der Waals surface area contributed by atoms with E-state index >= 15 is 0 Å². The van der Waals surface area contributed by atoms with Gasteiger partial charge in [-0.15, -0.1) is 12.4 Å². The molecule has 1 fully saturated rings. The predicted molar refractivity (Wildman–Crippen MR) is 87.1 cm³/mol. The van der Waals surface area contributed by atoms with E-state index in [1.54, 1.807) is 19.2 Å². The van der Waals surface area contributed by atoms with E-state index in [2.05, 4.69) is 5.32 Å². The Morgan fingerprint density at radius 1 is 1.38 bits per heavy atom. The number of ether oxygens (including phenoxy) is 1. The molecule has 0 heterocycles. The van der Waals surface area contributed by atoms with Crippen molar-refractivity contribution in [1.82, 2.24) is 5.32 Å². The summed E-state index contributed by atoms with van der Waals surface area (Å²) in [6, 6.07) is 5.37. The van der Waals surface area contributed by atoms with Crippen molar-refractivity contribution in [1.29, 1.82) is 0 Å². The maximum atomic E-state index is 12.3. The van der Waals surface area contributed by atoms with Crippen LogP contribution in [0.1, 0.15) is 37.7 Å². The zero-order valence-electron chi connectivity index (χ0n) is 12.2. The van der Waals surface area contributed by atoms with Crippen LogP contribution in [-0.4, -0.2) is 18.6 Å². The highest BCUT2D eigenvalue weighted by molar-refractivity contribution is 6.30. The maximum absolute atomic E-state index is 12.3. The van der Waals surface area contributed by atoms with Gasteiger partial charge in [-0.3, -0.25) is 4.79 Å². The quantitative estimate of drug-likeness (QED) is 0.890. The summed E-state index contributed by atoms with van der Waals surface area (Å²) in [5.41, 5.74) is 6.38. The fourth-order valence-electron chi connectivity index (χ4n) is 2.63. The number of benzene rings is 1. The molecule has 4 nitrogen and oxygen atoms in total. The van der Waals surface area contributed by atoms with E-state index in [1.165, 1.54) is 0 Å². The minimum atomic E-state index is -0.710. The van der Waals surface area contributed by atoms with Crippen molar-refractivity contribution < 1.29 is 9.53 Å². The molecule has 1 amide bonds. The van der Waals surface area contributed by atoms with E-state index in [9.17, 15) is 4.79 Å². The van der Waals surface area contributed by atoms with Crippen LogP contribution >= 0.6 is 24.0 Å². The molecule has 118 valence electrons. The number of rotatable bonds is 4. The van der Waals surface area contributed by atoms with Crippen molar-refractivity contribution in [2.24, 2.45) is 5.73 Å². The summed E-state index contributed by atoms with van der Waals surface area (Å²) in [5, 5.41) is 3.53. The number of nitrogens with two attached hydrogens (primary N) is 1. The zero-order valence-corrected chi connectivity index (χ0v) is 13.7. The summed E-state index contributed by atoms with van der Waals surface area (Å²) in [6.07, 6.45) is 4.73. The van der Waals surface area contributed by atoms with Gasteiger partial charge in [-0.25, -0.2) is 0 Å². The topological polar surface area (TPSA) is 64.3 Å². The van der Waals surface area contributed by atoms with Crippen LogP contribution < -0.4 is 15.8 Å². The van der Waals surface area contributed by atoms with E-state index in [0.29, 0.717) is 17.3 Å². The maximum Gasteiger partial charge on any atom is 0.240 e. The lowest BCUT2D eigenvalue weighted by Crippen LogP contribution is -2.54. The van der Waals surface area contributed by atoms with Gasteiger partial charge in [0.2, 0.25) is 5.91 Å². The molecular formula is C15H22Cl2N2O2. The monoisotopic (exact) mass is 332 g/mol. The molecular weight excluding hydrogens is 311 g/mol. The van der Waals surface area contributed by atoms with Crippen LogP contribution in [0.15, 0.2) is 18.2 Å². The smallest absolute Gasteiger partial charge is 0.240 e. The lowest BCUT2D eigenvalue weighted by atomic mass is 9.82. The molecule has 1 aliphatic carbocycles. The molecule has 21 heavy (non-hydrogen) atoms. The molecule has 0 atom stereocenters. The van der Waals surface area contributed by atoms with E-state index in [-0.39, 0.29) is 18.3 Å². The van der Waals surface area contributed by atoms with Gasteiger partial charge >= 0.3 is 0 Å². The third-order valence-corrected chi connectivity index (χ3v) is 4.12. The molecule has 1 saturated carbocycles. The highest BCUT2D eigenvalue weighted by Crippen LogP contribution is 2.27. The van der Waals surface area contributed by atoms with Gasteiger partial charge in [0, 0.05) is 17.1 Å². The van der Waals surface area contributed by atoms with Gasteiger partial charge in [0.1, 0.15) is 5.75 Å². The molecule has 1 aromatic rings. The number of amides is 1. The van der Waals surface area contributed by atoms with Crippen molar-refractivity contribution in [3.8, 4) is 5.75 Å². The normalized spacial score (nSPS) is 16.7. The highest BCUT2D eigenvalue weighted by atomic mass is 35.5. The Kier molecular flexibility index (Phi) is 6.78. The van der Waals surface area contributed by atoms with Gasteiger partial charge in [0.05, 0.1) is 12.6 Å². The molecule has 0 aliphatic heterocycles. The lowest BCUT2D eigenvalue weighted by Gasteiger charge is -2.31. The van der Waals surface area contributed by atoms with Gasteiger partial charge in [-0.1, -0.05) is 36.9 Å². The summed E-state index contributed by atoms with van der Waals surface area (Å²) in [4.78, 5) is 12.3. The summed E-state index contributed by atoms with van der Waals surface area (Å²) in [6.45, 7) is 0.401. The Hall–Kier alpha value is -0.970. The minimum Gasteiger partial charge on any atom is -0.496 e. The molecule has 1 aromatic carbocycles. The molecule has 6 heteroatoms. The number of hydrogen-bond acceptors (Lipinski definition) is 3. The third-order valence-electron chi connectivity index (χ3n) is 3.89. The van der Waals surface area contributed by atoms with E-state index in [0.717, 1.165) is 37.7 Å². The van der Waals surface area contributed by atoms with Crippen LogP contribution in [0, 0.1) is 0 Å². The molecule has 3 N–H and O–H groups in total. The van der Waals surface area contributed by atoms with Gasteiger partial charge < -0.3 is 15.8 Å². The van der Waals surface area contributed by atoms with Crippen molar-refractivity contribution in [2.75, 3.05) is 7.11 Å². The Morgan fingerprint density at radius 2 is 2.05 bits per heavy atom. The molecule has 0 unspecified atom stereocenters. The highest BCUT2D eigenvalue weighted by Gasteiger charge is 2.34. The van der Waals surface area contributed by atoms with Crippen molar-refractivity contribution in [3.05, 3.63) is 28.8 Å². The molecule has 0 saturated heterocycles. The Labute approximate surface area is 136 Å². The predicted octanol–water partition coefficient (Wildman–Crippen LogP) is 3.05. The van der Waals surface area contributed by atoms with E-state index in [4.69, 9.17) is 22.1 Å². The Balaban J connectivity index is 0.00000220. The Bertz CT molecular complexity index is 489. The molecule has 2 rings (SSSR count). The lowest BCUT2D eigenvalue weighted by molar-refractivity contribution is -0.127. The standard InChI is InChI=1S/C15H21ClN2O2.ClH/c1-20-13-9-12(16)6-5-11(13)10-18-14(19)15(17)7-3-2-4-8-15;/h5-6,9H,2-4,7-8,10,17H2,1H3,(H,18,19);1H. The minimum absolute atomic E-state index is 0. The second-order valence-electron chi connectivity index (χ2n) is 5.36. The fourth-order valence-corrected chi connectivity index (χ4v) is 2.79. The van der Waals surface area contributed by atoms with Crippen LogP contribution in [-0.2, 0) is 11.3 Å². The summed E-state index contributed by atoms with van der Waals surface area (Å²) in [5.74, 6) is 0.599. The first-order chi connectivity index (χ1) is 9.55. The first-order valence-corrected chi connectivity index (χ1v) is 7.32. The molecule has 0 aromatic heterocycles. The summed E-state index contributed by atoms with van der Waals surface area (Å²) >= 11 is 5.91. The van der Waals surface area contributed by atoms with Crippen LogP contribution in [0.25, 0.3) is 0 Å². The SMILES string of the molecule is COc1cc(Cl)ccc1CNC(=O)C1(N)CCCCC1.Cl.